The van der Waals surface area contributed by atoms with Crippen molar-refractivity contribution in [1.29, 1.82) is 5.41 Å². The van der Waals surface area contributed by atoms with Crippen LogP contribution < -0.4 is 0 Å². The van der Waals surface area contributed by atoms with Gasteiger partial charge in [0.25, 0.3) is 0 Å². The number of hydrogen-bond acceptors (Lipinski definition) is 3. The minimum Gasteiger partial charge on any atom is -0.462 e. The third kappa shape index (κ3) is 2.99. The standard InChI is InChI=1S/C7H9NOS.ClH/c1-2-10-7(8)6-4-3-5-9-6;/h3-5,8H,2H2,1H3;1H. The second kappa shape index (κ2) is 5.27. The number of rotatable bonds is 2. The predicted octanol–water partition coefficient (Wildman–Crippen LogP) is 2.78. The fourth-order valence-electron chi connectivity index (χ4n) is 0.623. The van der Waals surface area contributed by atoms with Crippen LogP contribution in [0.4, 0.5) is 0 Å². The summed E-state index contributed by atoms with van der Waals surface area (Å²) in [6.45, 7) is 2.02. The quantitative estimate of drug-likeness (QED) is 0.577. The van der Waals surface area contributed by atoms with Gasteiger partial charge in [-0.1, -0.05) is 6.92 Å². The topological polar surface area (TPSA) is 37.0 Å². The molecule has 0 spiro atoms. The van der Waals surface area contributed by atoms with Crippen LogP contribution in [0, 0.1) is 5.41 Å². The lowest BCUT2D eigenvalue weighted by Crippen LogP contribution is -1.89. The summed E-state index contributed by atoms with van der Waals surface area (Å²) in [4.78, 5) is 0. The van der Waals surface area contributed by atoms with E-state index in [0.717, 1.165) is 5.75 Å². The molecule has 1 aromatic rings. The summed E-state index contributed by atoms with van der Waals surface area (Å²) in [6, 6.07) is 3.59. The van der Waals surface area contributed by atoms with Crippen molar-refractivity contribution in [2.24, 2.45) is 0 Å². The molecule has 0 saturated carbocycles. The monoisotopic (exact) mass is 191 g/mol. The van der Waals surface area contributed by atoms with Crippen molar-refractivity contribution in [3.63, 3.8) is 0 Å². The molecule has 0 unspecified atom stereocenters. The highest BCUT2D eigenvalue weighted by Crippen LogP contribution is 2.11. The van der Waals surface area contributed by atoms with Gasteiger partial charge in [-0.05, 0) is 17.9 Å². The lowest BCUT2D eigenvalue weighted by molar-refractivity contribution is 0.559. The molecule has 0 bridgehead atoms. The lowest BCUT2D eigenvalue weighted by atomic mass is 10.5. The molecule has 0 aliphatic heterocycles. The van der Waals surface area contributed by atoms with Crippen molar-refractivity contribution in [3.05, 3.63) is 24.2 Å². The first-order chi connectivity index (χ1) is 4.84. The Hall–Kier alpha value is -0.410. The normalized spacial score (nSPS) is 8.82. The van der Waals surface area contributed by atoms with E-state index in [9.17, 15) is 0 Å². The summed E-state index contributed by atoms with van der Waals surface area (Å²) in [5, 5.41) is 7.92. The molecular formula is C7H10ClNOS. The van der Waals surface area contributed by atoms with Crippen LogP contribution in [0.3, 0.4) is 0 Å². The van der Waals surface area contributed by atoms with Crippen LogP contribution in [0.15, 0.2) is 22.8 Å². The molecule has 0 fully saturated rings. The molecule has 62 valence electrons. The number of thioether (sulfide) groups is 1. The largest absolute Gasteiger partial charge is 0.462 e. The Morgan fingerprint density at radius 2 is 2.45 bits per heavy atom. The molecule has 0 saturated heterocycles. The van der Waals surface area contributed by atoms with E-state index in [0.29, 0.717) is 10.8 Å². The van der Waals surface area contributed by atoms with E-state index < -0.39 is 0 Å². The molecule has 0 aliphatic rings. The van der Waals surface area contributed by atoms with E-state index in [1.54, 1.807) is 18.4 Å². The third-order valence-electron chi connectivity index (χ3n) is 1.03. The maximum atomic E-state index is 7.42. The summed E-state index contributed by atoms with van der Waals surface area (Å²) in [5.41, 5.74) is 0. The van der Waals surface area contributed by atoms with Gasteiger partial charge in [0.05, 0.1) is 6.26 Å². The van der Waals surface area contributed by atoms with E-state index in [-0.39, 0.29) is 12.4 Å². The van der Waals surface area contributed by atoms with Crippen molar-refractivity contribution in [3.8, 4) is 0 Å². The Morgan fingerprint density at radius 1 is 1.73 bits per heavy atom. The second-order valence-electron chi connectivity index (χ2n) is 1.74. The highest BCUT2D eigenvalue weighted by molar-refractivity contribution is 8.14. The Balaban J connectivity index is 0.000001000. The summed E-state index contributed by atoms with van der Waals surface area (Å²) < 4.78 is 5.00. The minimum absolute atomic E-state index is 0. The van der Waals surface area contributed by atoms with Crippen LogP contribution in [0.5, 0.6) is 0 Å². The van der Waals surface area contributed by atoms with Crippen LogP contribution >= 0.6 is 24.2 Å². The summed E-state index contributed by atoms with van der Waals surface area (Å²) >= 11 is 1.48. The fourth-order valence-corrected chi connectivity index (χ4v) is 1.17. The SMILES string of the molecule is CCSC(=N)c1ccco1.Cl. The third-order valence-corrected chi connectivity index (χ3v) is 1.81. The molecule has 1 rings (SSSR count). The maximum Gasteiger partial charge on any atom is 0.158 e. The van der Waals surface area contributed by atoms with Crippen molar-refractivity contribution in [2.45, 2.75) is 6.92 Å². The molecule has 0 aromatic carbocycles. The molecule has 0 aliphatic carbocycles. The molecule has 4 heteroatoms. The first-order valence-electron chi connectivity index (χ1n) is 3.10. The molecule has 11 heavy (non-hydrogen) atoms. The number of nitrogens with one attached hydrogen (secondary N) is 1. The predicted molar refractivity (Wildman–Crippen MR) is 50.9 cm³/mol. The molecule has 1 heterocycles. The zero-order valence-electron chi connectivity index (χ0n) is 6.16. The van der Waals surface area contributed by atoms with Gasteiger partial charge in [0.2, 0.25) is 0 Å². The Bertz CT molecular complexity index is 210. The van der Waals surface area contributed by atoms with Gasteiger partial charge in [0.15, 0.2) is 5.76 Å². The van der Waals surface area contributed by atoms with Gasteiger partial charge in [0.1, 0.15) is 5.04 Å². The molecule has 1 N–H and O–H groups in total. The summed E-state index contributed by atoms with van der Waals surface area (Å²) in [7, 11) is 0. The van der Waals surface area contributed by atoms with E-state index in [1.807, 2.05) is 6.92 Å². The van der Waals surface area contributed by atoms with Gasteiger partial charge in [-0.15, -0.1) is 24.2 Å². The Morgan fingerprint density at radius 3 is 2.91 bits per heavy atom. The zero-order chi connectivity index (χ0) is 7.40. The minimum atomic E-state index is 0. The maximum absolute atomic E-state index is 7.42. The Kier molecular flexibility index (Phi) is 5.07. The average molecular weight is 192 g/mol. The van der Waals surface area contributed by atoms with E-state index in [4.69, 9.17) is 9.83 Å². The zero-order valence-corrected chi connectivity index (χ0v) is 7.80. The van der Waals surface area contributed by atoms with Gasteiger partial charge in [-0.2, -0.15) is 0 Å². The van der Waals surface area contributed by atoms with E-state index >= 15 is 0 Å². The highest BCUT2D eigenvalue weighted by atomic mass is 35.5. The lowest BCUT2D eigenvalue weighted by Gasteiger charge is -1.93. The van der Waals surface area contributed by atoms with Crippen LogP contribution in [0.1, 0.15) is 12.7 Å². The van der Waals surface area contributed by atoms with Crippen LogP contribution in [0.25, 0.3) is 0 Å². The summed E-state index contributed by atoms with van der Waals surface area (Å²) in [5.74, 6) is 1.58. The van der Waals surface area contributed by atoms with Crippen molar-refractivity contribution in [1.82, 2.24) is 0 Å². The molecule has 0 amide bonds. The number of halogens is 1. The second-order valence-corrected chi connectivity index (χ2v) is 3.01. The van der Waals surface area contributed by atoms with Crippen LogP contribution in [-0.4, -0.2) is 10.8 Å². The fraction of sp³-hybridized carbons (Fsp3) is 0.286. The molecule has 1 aromatic heterocycles. The molecule has 0 radical (unpaired) electrons. The van der Waals surface area contributed by atoms with Gasteiger partial charge in [-0.25, -0.2) is 0 Å². The van der Waals surface area contributed by atoms with Crippen molar-refractivity contribution >= 4 is 29.2 Å². The first-order valence-corrected chi connectivity index (χ1v) is 4.08. The van der Waals surface area contributed by atoms with Gasteiger partial charge in [0, 0.05) is 0 Å². The van der Waals surface area contributed by atoms with Gasteiger partial charge in [-0.3, -0.25) is 5.41 Å². The summed E-state index contributed by atoms with van der Waals surface area (Å²) in [6.07, 6.45) is 1.58. The number of furan rings is 1. The van der Waals surface area contributed by atoms with Gasteiger partial charge < -0.3 is 4.42 Å². The van der Waals surface area contributed by atoms with E-state index in [1.165, 1.54) is 11.8 Å². The highest BCUT2D eigenvalue weighted by Gasteiger charge is 2.01. The number of hydrogen-bond donors (Lipinski definition) is 1. The molecule has 2 nitrogen and oxygen atoms in total. The molecule has 0 atom stereocenters. The van der Waals surface area contributed by atoms with Gasteiger partial charge >= 0.3 is 0 Å². The van der Waals surface area contributed by atoms with Crippen molar-refractivity contribution < 1.29 is 4.42 Å². The molecular weight excluding hydrogens is 182 g/mol. The van der Waals surface area contributed by atoms with Crippen molar-refractivity contribution in [2.75, 3.05) is 5.75 Å². The smallest absolute Gasteiger partial charge is 0.158 e. The average Bonchev–Trinajstić information content (AvgIpc) is 2.38. The van der Waals surface area contributed by atoms with Crippen LogP contribution in [0.2, 0.25) is 0 Å². The first kappa shape index (κ1) is 10.6. The van der Waals surface area contributed by atoms with E-state index in [2.05, 4.69) is 0 Å². The Labute approximate surface area is 76.3 Å². The van der Waals surface area contributed by atoms with Crippen LogP contribution in [-0.2, 0) is 0 Å².